The number of benzene rings is 2. The zero-order valence-corrected chi connectivity index (χ0v) is 15.0. The van der Waals surface area contributed by atoms with Gasteiger partial charge in [0.25, 0.3) is 0 Å². The Bertz CT molecular complexity index is 781. The summed E-state index contributed by atoms with van der Waals surface area (Å²) in [6, 6.07) is 19.8. The third-order valence-electron chi connectivity index (χ3n) is 4.41. The molecule has 0 atom stereocenters. The number of rotatable bonds is 6. The number of piperidine rings is 1. The zero-order chi connectivity index (χ0) is 17.5. The Morgan fingerprint density at radius 2 is 1.56 bits per heavy atom. The number of nitrogens with zero attached hydrogens (tertiary/aromatic N) is 1. The van der Waals surface area contributed by atoms with Crippen molar-refractivity contribution in [1.82, 2.24) is 9.62 Å². The van der Waals surface area contributed by atoms with Crippen LogP contribution in [-0.2, 0) is 16.6 Å². The van der Waals surface area contributed by atoms with Crippen LogP contribution in [0.5, 0.6) is 0 Å². The minimum atomic E-state index is -3.40. The average molecular weight is 356 g/mol. The van der Waals surface area contributed by atoms with E-state index in [1.54, 1.807) is 6.08 Å². The fourth-order valence-corrected chi connectivity index (χ4v) is 4.17. The Balaban J connectivity index is 1.49. The molecule has 5 heteroatoms. The summed E-state index contributed by atoms with van der Waals surface area (Å²) < 4.78 is 27.3. The van der Waals surface area contributed by atoms with Gasteiger partial charge < -0.3 is 0 Å². The molecule has 1 fully saturated rings. The summed E-state index contributed by atoms with van der Waals surface area (Å²) in [6.45, 7) is 2.74. The summed E-state index contributed by atoms with van der Waals surface area (Å²) in [4.78, 5) is 2.37. The van der Waals surface area contributed by atoms with E-state index in [4.69, 9.17) is 0 Å². The lowest BCUT2D eigenvalue weighted by Gasteiger charge is -2.31. The van der Waals surface area contributed by atoms with E-state index >= 15 is 0 Å². The van der Waals surface area contributed by atoms with Gasteiger partial charge in [-0.15, -0.1) is 0 Å². The molecule has 0 saturated carbocycles. The molecular weight excluding hydrogens is 332 g/mol. The lowest BCUT2D eigenvalue weighted by molar-refractivity contribution is 0.200. The molecular formula is C20H24N2O2S. The van der Waals surface area contributed by atoms with Crippen LogP contribution in [0.1, 0.15) is 24.0 Å². The van der Waals surface area contributed by atoms with Gasteiger partial charge >= 0.3 is 0 Å². The number of sulfonamides is 1. The highest BCUT2D eigenvalue weighted by Gasteiger charge is 2.22. The van der Waals surface area contributed by atoms with Crippen LogP contribution in [0.4, 0.5) is 0 Å². The van der Waals surface area contributed by atoms with Crippen molar-refractivity contribution in [3.05, 3.63) is 77.2 Å². The van der Waals surface area contributed by atoms with Gasteiger partial charge in [0.1, 0.15) is 0 Å². The van der Waals surface area contributed by atoms with Crippen molar-refractivity contribution >= 4 is 16.1 Å². The molecule has 132 valence electrons. The van der Waals surface area contributed by atoms with Crippen molar-refractivity contribution in [2.24, 2.45) is 0 Å². The number of hydrogen-bond acceptors (Lipinski definition) is 3. The van der Waals surface area contributed by atoms with Gasteiger partial charge in [-0.3, -0.25) is 4.90 Å². The summed E-state index contributed by atoms with van der Waals surface area (Å²) in [6.07, 6.45) is 3.31. The van der Waals surface area contributed by atoms with E-state index in [0.717, 1.165) is 38.0 Å². The Morgan fingerprint density at radius 3 is 2.20 bits per heavy atom. The summed E-state index contributed by atoms with van der Waals surface area (Å²) in [5.41, 5.74) is 2.18. The van der Waals surface area contributed by atoms with Crippen LogP contribution in [0, 0.1) is 0 Å². The minimum absolute atomic E-state index is 0.0115. The van der Waals surface area contributed by atoms with E-state index in [1.807, 2.05) is 36.4 Å². The van der Waals surface area contributed by atoms with Gasteiger partial charge in [-0.2, -0.15) is 0 Å². The van der Waals surface area contributed by atoms with Crippen LogP contribution in [0.2, 0.25) is 0 Å². The van der Waals surface area contributed by atoms with E-state index in [-0.39, 0.29) is 6.04 Å². The lowest BCUT2D eigenvalue weighted by Crippen LogP contribution is -2.43. The molecule has 0 bridgehead atoms. The van der Waals surface area contributed by atoms with Gasteiger partial charge in [-0.05, 0) is 30.0 Å². The molecule has 0 aromatic heterocycles. The average Bonchev–Trinajstić information content (AvgIpc) is 2.63. The third kappa shape index (κ3) is 5.81. The van der Waals surface area contributed by atoms with Crippen LogP contribution >= 0.6 is 0 Å². The van der Waals surface area contributed by atoms with Crippen molar-refractivity contribution < 1.29 is 8.42 Å². The lowest BCUT2D eigenvalue weighted by atomic mass is 10.1. The first-order valence-electron chi connectivity index (χ1n) is 8.62. The number of likely N-dealkylation sites (tertiary alicyclic amines) is 1. The number of hydrogen-bond donors (Lipinski definition) is 1. The van der Waals surface area contributed by atoms with Gasteiger partial charge in [0.2, 0.25) is 10.0 Å². The van der Waals surface area contributed by atoms with E-state index in [9.17, 15) is 8.42 Å². The molecule has 0 spiro atoms. The Morgan fingerprint density at radius 1 is 0.960 bits per heavy atom. The molecule has 1 aliphatic heterocycles. The zero-order valence-electron chi connectivity index (χ0n) is 14.2. The fourth-order valence-electron chi connectivity index (χ4n) is 3.05. The molecule has 2 aromatic rings. The molecule has 0 aliphatic carbocycles. The molecule has 1 aliphatic rings. The first-order valence-corrected chi connectivity index (χ1v) is 10.2. The Labute approximate surface area is 150 Å². The Kier molecular flexibility index (Phi) is 6.02. The van der Waals surface area contributed by atoms with Gasteiger partial charge in [-0.25, -0.2) is 13.1 Å². The summed E-state index contributed by atoms with van der Waals surface area (Å²) in [5, 5.41) is 1.26. The monoisotopic (exact) mass is 356 g/mol. The quantitative estimate of drug-likeness (QED) is 0.864. The van der Waals surface area contributed by atoms with Crippen LogP contribution in [0.15, 0.2) is 66.1 Å². The molecule has 3 rings (SSSR count). The normalized spacial score (nSPS) is 17.1. The van der Waals surface area contributed by atoms with E-state index in [1.165, 1.54) is 11.0 Å². The summed E-state index contributed by atoms with van der Waals surface area (Å²) in [5.74, 6) is 0. The second kappa shape index (κ2) is 8.43. The third-order valence-corrected chi connectivity index (χ3v) is 5.56. The maximum atomic E-state index is 12.2. The standard InChI is InChI=1S/C20H24N2O2S/c23-25(24,16-13-18-7-3-1-4-8-18)21-20-11-14-22(15-12-20)17-19-9-5-2-6-10-19/h1-10,13,16,20-21H,11-12,14-15,17H2. The van der Waals surface area contributed by atoms with Crippen molar-refractivity contribution in [3.63, 3.8) is 0 Å². The molecule has 1 saturated heterocycles. The van der Waals surface area contributed by atoms with Gasteiger partial charge in [0.15, 0.2) is 0 Å². The van der Waals surface area contributed by atoms with E-state index in [0.29, 0.717) is 0 Å². The first kappa shape index (κ1) is 17.9. The second-order valence-electron chi connectivity index (χ2n) is 6.41. The first-order chi connectivity index (χ1) is 12.1. The van der Waals surface area contributed by atoms with Crippen molar-refractivity contribution in [2.45, 2.75) is 25.4 Å². The maximum absolute atomic E-state index is 12.2. The molecule has 1 N–H and O–H groups in total. The highest BCUT2D eigenvalue weighted by molar-refractivity contribution is 7.92. The fraction of sp³-hybridized carbons (Fsp3) is 0.300. The summed E-state index contributed by atoms with van der Waals surface area (Å²) >= 11 is 0. The van der Waals surface area contributed by atoms with Gasteiger partial charge in [0, 0.05) is 31.1 Å². The van der Waals surface area contributed by atoms with Gasteiger partial charge in [0.05, 0.1) is 0 Å². The van der Waals surface area contributed by atoms with Crippen molar-refractivity contribution in [1.29, 1.82) is 0 Å². The number of nitrogens with one attached hydrogen (secondary N) is 1. The molecule has 4 nitrogen and oxygen atoms in total. The second-order valence-corrected chi connectivity index (χ2v) is 8.01. The van der Waals surface area contributed by atoms with Crippen LogP contribution in [-0.4, -0.2) is 32.4 Å². The van der Waals surface area contributed by atoms with Crippen molar-refractivity contribution in [2.75, 3.05) is 13.1 Å². The van der Waals surface area contributed by atoms with Crippen LogP contribution in [0.25, 0.3) is 6.08 Å². The maximum Gasteiger partial charge on any atom is 0.233 e. The highest BCUT2D eigenvalue weighted by atomic mass is 32.2. The smallest absolute Gasteiger partial charge is 0.233 e. The molecule has 25 heavy (non-hydrogen) atoms. The van der Waals surface area contributed by atoms with E-state index in [2.05, 4.69) is 33.9 Å². The Hall–Kier alpha value is -1.95. The largest absolute Gasteiger partial charge is 0.299 e. The van der Waals surface area contributed by atoms with Crippen LogP contribution < -0.4 is 4.72 Å². The van der Waals surface area contributed by atoms with Crippen LogP contribution in [0.3, 0.4) is 0 Å². The predicted octanol–water partition coefficient (Wildman–Crippen LogP) is 3.24. The SMILES string of the molecule is O=S(=O)(C=Cc1ccccc1)NC1CCN(Cc2ccccc2)CC1. The molecule has 0 amide bonds. The predicted molar refractivity (Wildman–Crippen MR) is 102 cm³/mol. The summed E-state index contributed by atoms with van der Waals surface area (Å²) in [7, 11) is -3.40. The highest BCUT2D eigenvalue weighted by Crippen LogP contribution is 2.15. The molecule has 0 unspecified atom stereocenters. The molecule has 0 radical (unpaired) electrons. The van der Waals surface area contributed by atoms with Gasteiger partial charge in [-0.1, -0.05) is 60.7 Å². The molecule has 2 aromatic carbocycles. The molecule has 1 heterocycles. The van der Waals surface area contributed by atoms with E-state index < -0.39 is 10.0 Å². The topological polar surface area (TPSA) is 49.4 Å². The van der Waals surface area contributed by atoms with Crippen molar-refractivity contribution in [3.8, 4) is 0 Å². The minimum Gasteiger partial charge on any atom is -0.299 e.